The molecule has 0 aromatic heterocycles. The molecule has 7 rings (SSSR count). The van der Waals surface area contributed by atoms with Crippen LogP contribution in [0.3, 0.4) is 0 Å². The third-order valence-corrected chi connectivity index (χ3v) is 7.37. The van der Waals surface area contributed by atoms with Gasteiger partial charge in [-0.1, -0.05) is 109 Å². The van der Waals surface area contributed by atoms with Gasteiger partial charge in [-0.05, 0) is 11.1 Å². The van der Waals surface area contributed by atoms with Gasteiger partial charge in [0.15, 0.2) is 21.7 Å². The molecule has 0 radical (unpaired) electrons. The lowest BCUT2D eigenvalue weighted by molar-refractivity contribution is 1.60. The molecule has 7 aromatic rings. The number of hydrogen-bond acceptors (Lipinski definition) is 4. The molecule has 0 saturated carbocycles. The molecule has 0 heterocycles. The Bertz CT molecular complexity index is 2010. The largest absolute Gasteiger partial charge is 0.289 e. The van der Waals surface area contributed by atoms with Crippen molar-refractivity contribution in [3.05, 3.63) is 150 Å². The minimum Gasteiger partial charge on any atom is -0.289 e. The Labute approximate surface area is 215 Å². The van der Waals surface area contributed by atoms with Gasteiger partial charge in [0.05, 0.1) is 0 Å². The molecule has 0 spiro atoms. The van der Waals surface area contributed by atoms with Gasteiger partial charge in [0.2, 0.25) is 0 Å². The van der Waals surface area contributed by atoms with Gasteiger partial charge < -0.3 is 0 Å². The predicted octanol–water partition coefficient (Wildman–Crippen LogP) is 5.95. The molecular weight excluding hydrogens is 472 g/mol. The van der Waals surface area contributed by atoms with Crippen molar-refractivity contribution < 1.29 is 0 Å². The van der Waals surface area contributed by atoms with E-state index >= 15 is 0 Å². The summed E-state index contributed by atoms with van der Waals surface area (Å²) in [6.45, 7) is 0. The first kappa shape index (κ1) is 22.0. The molecule has 0 saturated heterocycles. The zero-order valence-corrected chi connectivity index (χ0v) is 20.0. The van der Waals surface area contributed by atoms with Gasteiger partial charge in [-0.15, -0.1) is 0 Å². The van der Waals surface area contributed by atoms with E-state index in [4.69, 9.17) is 0 Å². The summed E-state index contributed by atoms with van der Waals surface area (Å²) in [6.07, 6.45) is 0. The fourth-order valence-electron chi connectivity index (χ4n) is 5.74. The molecule has 0 unspecified atom stereocenters. The Hall–Kier alpha value is -5.22. The highest BCUT2D eigenvalue weighted by Crippen LogP contribution is 2.40. The average Bonchev–Trinajstić information content (AvgIpc) is 2.98. The van der Waals surface area contributed by atoms with Crippen molar-refractivity contribution in [1.82, 2.24) is 0 Å². The van der Waals surface area contributed by atoms with Gasteiger partial charge in [-0.25, -0.2) is 0 Å². The van der Waals surface area contributed by atoms with Crippen LogP contribution in [-0.4, -0.2) is 0 Å². The van der Waals surface area contributed by atoms with E-state index in [-0.39, 0.29) is 64.8 Å². The van der Waals surface area contributed by atoms with E-state index in [1.807, 2.05) is 36.4 Å². The first-order chi connectivity index (χ1) is 18.6. The van der Waals surface area contributed by atoms with Crippen molar-refractivity contribution in [3.63, 3.8) is 0 Å². The van der Waals surface area contributed by atoms with Crippen LogP contribution >= 0.6 is 0 Å². The Kier molecular flexibility index (Phi) is 4.72. The first-order valence-corrected chi connectivity index (χ1v) is 12.3. The SMILES string of the molecule is O=c1c2ccccc2c(=O)c2c(-c3ccccc3)c3c(=O)c4ccccc4c(=O)c3c(-c3ccccc3)c12. The van der Waals surface area contributed by atoms with Crippen molar-refractivity contribution in [2.75, 3.05) is 0 Å². The first-order valence-electron chi connectivity index (χ1n) is 12.3. The molecule has 0 atom stereocenters. The zero-order valence-electron chi connectivity index (χ0n) is 20.0. The minimum absolute atomic E-state index is 0.165. The monoisotopic (exact) mass is 490 g/mol. The van der Waals surface area contributed by atoms with E-state index in [9.17, 15) is 19.2 Å². The Morgan fingerprint density at radius 1 is 0.289 bits per heavy atom. The summed E-state index contributed by atoms with van der Waals surface area (Å²) in [4.78, 5) is 56.8. The fraction of sp³-hybridized carbons (Fsp3) is 0. The van der Waals surface area contributed by atoms with Crippen LogP contribution in [0.2, 0.25) is 0 Å². The van der Waals surface area contributed by atoms with Crippen LogP contribution in [0.15, 0.2) is 128 Å². The average molecular weight is 491 g/mol. The summed E-state index contributed by atoms with van der Waals surface area (Å²) < 4.78 is 0. The van der Waals surface area contributed by atoms with Gasteiger partial charge in [-0.2, -0.15) is 0 Å². The molecule has 0 N–H and O–H groups in total. The quantitative estimate of drug-likeness (QED) is 0.281. The van der Waals surface area contributed by atoms with E-state index in [1.165, 1.54) is 0 Å². The Morgan fingerprint density at radius 2 is 0.526 bits per heavy atom. The molecule has 0 aliphatic rings. The van der Waals surface area contributed by atoms with Gasteiger partial charge in [0.1, 0.15) is 0 Å². The van der Waals surface area contributed by atoms with Crippen molar-refractivity contribution in [2.24, 2.45) is 0 Å². The number of hydrogen-bond donors (Lipinski definition) is 0. The predicted molar refractivity (Wildman–Crippen MR) is 155 cm³/mol. The van der Waals surface area contributed by atoms with Gasteiger partial charge >= 0.3 is 0 Å². The highest BCUT2D eigenvalue weighted by molar-refractivity contribution is 6.25. The second-order valence-corrected chi connectivity index (χ2v) is 9.39. The van der Waals surface area contributed by atoms with E-state index in [0.29, 0.717) is 22.3 Å². The third kappa shape index (κ3) is 2.91. The Morgan fingerprint density at radius 3 is 0.789 bits per heavy atom. The molecule has 7 aromatic carbocycles. The number of benzene rings is 7. The molecular formula is C34H18O4. The van der Waals surface area contributed by atoms with Crippen LogP contribution in [-0.2, 0) is 0 Å². The second kappa shape index (κ2) is 8.15. The van der Waals surface area contributed by atoms with Crippen LogP contribution in [0.4, 0.5) is 0 Å². The van der Waals surface area contributed by atoms with Crippen LogP contribution in [0, 0.1) is 0 Å². The number of rotatable bonds is 2. The molecule has 4 heteroatoms. The lowest BCUT2D eigenvalue weighted by Crippen LogP contribution is -2.20. The van der Waals surface area contributed by atoms with Gasteiger partial charge in [-0.3, -0.25) is 19.2 Å². The van der Waals surface area contributed by atoms with Crippen molar-refractivity contribution >= 4 is 43.1 Å². The number of fused-ring (bicyclic) bond motifs is 4. The Balaban J connectivity index is 1.96. The van der Waals surface area contributed by atoms with Crippen LogP contribution < -0.4 is 21.7 Å². The highest BCUT2D eigenvalue weighted by atomic mass is 16.1. The lowest BCUT2D eigenvalue weighted by atomic mass is 9.83. The summed E-state index contributed by atoms with van der Waals surface area (Å²) in [5, 5.41) is 1.81. The van der Waals surface area contributed by atoms with Gasteiger partial charge in [0, 0.05) is 54.2 Å². The summed E-state index contributed by atoms with van der Waals surface area (Å²) in [5.41, 5.74) is 0.496. The summed E-state index contributed by atoms with van der Waals surface area (Å²) in [5.74, 6) is 0. The van der Waals surface area contributed by atoms with E-state index in [2.05, 4.69) is 0 Å². The van der Waals surface area contributed by atoms with Crippen LogP contribution in [0.1, 0.15) is 0 Å². The molecule has 0 aliphatic carbocycles. The van der Waals surface area contributed by atoms with Gasteiger partial charge in [0.25, 0.3) is 0 Å². The van der Waals surface area contributed by atoms with Crippen LogP contribution in [0.25, 0.3) is 65.3 Å². The van der Waals surface area contributed by atoms with E-state index in [1.54, 1.807) is 72.8 Å². The third-order valence-electron chi connectivity index (χ3n) is 7.37. The summed E-state index contributed by atoms with van der Waals surface area (Å²) in [6, 6.07) is 31.5. The topological polar surface area (TPSA) is 68.3 Å². The van der Waals surface area contributed by atoms with E-state index in [0.717, 1.165) is 0 Å². The molecule has 0 bridgehead atoms. The van der Waals surface area contributed by atoms with Crippen LogP contribution in [0.5, 0.6) is 0 Å². The van der Waals surface area contributed by atoms with Crippen molar-refractivity contribution in [2.45, 2.75) is 0 Å². The van der Waals surface area contributed by atoms with E-state index < -0.39 is 0 Å². The molecule has 38 heavy (non-hydrogen) atoms. The normalized spacial score (nSPS) is 11.6. The molecule has 0 aliphatic heterocycles. The lowest BCUT2D eigenvalue weighted by Gasteiger charge is -2.17. The molecule has 0 amide bonds. The molecule has 4 nitrogen and oxygen atoms in total. The smallest absolute Gasteiger partial charge is 0.195 e. The fourth-order valence-corrected chi connectivity index (χ4v) is 5.74. The maximum atomic E-state index is 14.2. The minimum atomic E-state index is -0.340. The zero-order chi connectivity index (χ0) is 26.0. The molecule has 178 valence electrons. The van der Waals surface area contributed by atoms with Crippen molar-refractivity contribution in [1.29, 1.82) is 0 Å². The summed E-state index contributed by atoms with van der Waals surface area (Å²) in [7, 11) is 0. The maximum Gasteiger partial charge on any atom is 0.195 e. The highest BCUT2D eigenvalue weighted by Gasteiger charge is 2.27. The second-order valence-electron chi connectivity index (χ2n) is 9.39. The molecule has 0 fully saturated rings. The van der Waals surface area contributed by atoms with Crippen molar-refractivity contribution in [3.8, 4) is 22.3 Å². The standard InChI is InChI=1S/C34H18O4/c35-31-21-15-7-9-17-23(21)33(37)29-26(20-13-5-2-6-14-20)30-28(25(27(29)31)19-11-3-1-4-12-19)32(36)22-16-8-10-18-24(22)34(30)38/h1-18H. The summed E-state index contributed by atoms with van der Waals surface area (Å²) >= 11 is 0. The maximum absolute atomic E-state index is 14.2.